The van der Waals surface area contributed by atoms with Gasteiger partial charge in [-0.05, 0) is 6.07 Å². The molecule has 0 spiro atoms. The minimum atomic E-state index is -0.994. The number of carbonyl (C=O) groups is 2. The number of methoxy groups -OCH3 is 2. The van der Waals surface area contributed by atoms with Crippen molar-refractivity contribution < 1.29 is 27.8 Å². The van der Waals surface area contributed by atoms with Crippen molar-refractivity contribution in [2.45, 2.75) is 0 Å². The summed E-state index contributed by atoms with van der Waals surface area (Å²) in [4.78, 5) is 22.6. The van der Waals surface area contributed by atoms with Crippen molar-refractivity contribution in [3.63, 3.8) is 0 Å². The molecule has 0 radical (unpaired) electrons. The number of anilines is 1. The van der Waals surface area contributed by atoms with Gasteiger partial charge < -0.3 is 14.8 Å². The predicted molar refractivity (Wildman–Crippen MR) is 67.1 cm³/mol. The Hall–Kier alpha value is -2.15. The number of ether oxygens (including phenoxy) is 2. The molecule has 0 heterocycles. The summed E-state index contributed by atoms with van der Waals surface area (Å²) < 4.78 is 35.3. The highest BCUT2D eigenvalue weighted by molar-refractivity contribution is 6.31. The van der Waals surface area contributed by atoms with Crippen molar-refractivity contribution in [3.8, 4) is 0 Å². The summed E-state index contributed by atoms with van der Waals surface area (Å²) in [6.07, 6.45) is 0.766. The minimum Gasteiger partial charge on any atom is -0.466 e. The van der Waals surface area contributed by atoms with Crippen molar-refractivity contribution >= 4 is 29.2 Å². The molecule has 1 aromatic rings. The van der Waals surface area contributed by atoms with E-state index in [1.165, 1.54) is 0 Å². The predicted octanol–water partition coefficient (Wildman–Crippen LogP) is 2.26. The van der Waals surface area contributed by atoms with E-state index < -0.39 is 23.6 Å². The highest BCUT2D eigenvalue weighted by atomic mass is 35.5. The summed E-state index contributed by atoms with van der Waals surface area (Å²) in [6.45, 7) is 0. The molecule has 0 atom stereocenters. The fourth-order valence-electron chi connectivity index (χ4n) is 1.20. The molecule has 0 aliphatic rings. The van der Waals surface area contributed by atoms with Crippen LogP contribution >= 0.6 is 11.6 Å². The number of carbonyl (C=O) groups excluding carboxylic acids is 2. The van der Waals surface area contributed by atoms with Gasteiger partial charge in [0.1, 0.15) is 17.3 Å². The normalized spacial score (nSPS) is 10.9. The first-order chi connectivity index (χ1) is 9.38. The second-order valence-corrected chi connectivity index (χ2v) is 3.85. The van der Waals surface area contributed by atoms with Gasteiger partial charge in [-0.2, -0.15) is 0 Å². The summed E-state index contributed by atoms with van der Waals surface area (Å²) in [7, 11) is 2.17. The number of esters is 2. The molecule has 8 heteroatoms. The van der Waals surface area contributed by atoms with Gasteiger partial charge in [-0.25, -0.2) is 18.4 Å². The van der Waals surface area contributed by atoms with E-state index >= 15 is 0 Å². The molecule has 0 amide bonds. The highest BCUT2D eigenvalue weighted by Gasteiger charge is 2.16. The van der Waals surface area contributed by atoms with Gasteiger partial charge in [-0.3, -0.25) is 0 Å². The van der Waals surface area contributed by atoms with Crippen LogP contribution in [0.4, 0.5) is 14.5 Å². The third-order valence-corrected chi connectivity index (χ3v) is 2.44. The smallest absolute Gasteiger partial charge is 0.354 e. The zero-order valence-electron chi connectivity index (χ0n) is 10.5. The molecule has 108 valence electrons. The van der Waals surface area contributed by atoms with E-state index in [-0.39, 0.29) is 16.4 Å². The average Bonchev–Trinajstić information content (AvgIpc) is 2.42. The number of nitrogens with one attached hydrogen (secondary N) is 1. The molecule has 0 aliphatic carbocycles. The van der Waals surface area contributed by atoms with Crippen LogP contribution in [0.2, 0.25) is 5.02 Å². The largest absolute Gasteiger partial charge is 0.466 e. The van der Waals surface area contributed by atoms with Crippen LogP contribution in [-0.4, -0.2) is 26.2 Å². The van der Waals surface area contributed by atoms with Gasteiger partial charge in [0.25, 0.3) is 0 Å². The third kappa shape index (κ3) is 3.92. The zero-order valence-corrected chi connectivity index (χ0v) is 11.3. The van der Waals surface area contributed by atoms with Crippen LogP contribution in [0, 0.1) is 11.6 Å². The van der Waals surface area contributed by atoms with E-state index in [9.17, 15) is 18.4 Å². The van der Waals surface area contributed by atoms with Gasteiger partial charge in [0.05, 0.1) is 31.0 Å². The lowest BCUT2D eigenvalue weighted by atomic mass is 10.2. The number of hydrogen-bond acceptors (Lipinski definition) is 5. The molecule has 20 heavy (non-hydrogen) atoms. The fourth-order valence-corrected chi connectivity index (χ4v) is 1.36. The summed E-state index contributed by atoms with van der Waals surface area (Å²) in [5.74, 6) is -3.74. The van der Waals surface area contributed by atoms with Crippen LogP contribution in [0.15, 0.2) is 23.9 Å². The van der Waals surface area contributed by atoms with E-state index in [1.54, 1.807) is 0 Å². The Balaban J connectivity index is 3.14. The molecule has 0 unspecified atom stereocenters. The van der Waals surface area contributed by atoms with Gasteiger partial charge >= 0.3 is 11.9 Å². The molecule has 0 fully saturated rings. The van der Waals surface area contributed by atoms with Gasteiger partial charge in [0.2, 0.25) is 0 Å². The quantitative estimate of drug-likeness (QED) is 0.525. The molecule has 5 nitrogen and oxygen atoms in total. The Bertz CT molecular complexity index is 575. The first kappa shape index (κ1) is 15.9. The Morgan fingerprint density at radius 2 is 1.85 bits per heavy atom. The van der Waals surface area contributed by atoms with Crippen LogP contribution in [0.5, 0.6) is 0 Å². The van der Waals surface area contributed by atoms with Crippen LogP contribution in [-0.2, 0) is 19.1 Å². The second kappa shape index (κ2) is 6.85. The summed E-state index contributed by atoms with van der Waals surface area (Å²) in [5.41, 5.74) is -0.683. The van der Waals surface area contributed by atoms with E-state index in [2.05, 4.69) is 14.8 Å². The zero-order chi connectivity index (χ0) is 15.3. The second-order valence-electron chi connectivity index (χ2n) is 3.44. The maximum Gasteiger partial charge on any atom is 0.354 e. The summed E-state index contributed by atoms with van der Waals surface area (Å²) in [5, 5.41) is 1.94. The van der Waals surface area contributed by atoms with Crippen molar-refractivity contribution in [1.82, 2.24) is 0 Å². The Kier molecular flexibility index (Phi) is 5.45. The highest BCUT2D eigenvalue weighted by Crippen LogP contribution is 2.24. The first-order valence-corrected chi connectivity index (χ1v) is 5.56. The summed E-state index contributed by atoms with van der Waals surface area (Å²) in [6, 6.07) is 1.47. The molecule has 1 aromatic carbocycles. The fraction of sp³-hybridized carbons (Fsp3) is 0.167. The first-order valence-electron chi connectivity index (χ1n) is 5.18. The standard InChI is InChI=1S/C12H10ClF2NO4/c1-19-11(17)5-10(12(18)20-2)16-9-3-6(13)7(14)4-8(9)15/h3-5,16H,1-2H3/b10-5+. The minimum absolute atomic E-state index is 0.294. The van der Waals surface area contributed by atoms with E-state index in [0.29, 0.717) is 6.07 Å². The van der Waals surface area contributed by atoms with Crippen molar-refractivity contribution in [1.29, 1.82) is 0 Å². The monoisotopic (exact) mass is 305 g/mol. The Morgan fingerprint density at radius 3 is 2.40 bits per heavy atom. The van der Waals surface area contributed by atoms with Crippen molar-refractivity contribution in [3.05, 3.63) is 40.6 Å². The number of benzene rings is 1. The maximum atomic E-state index is 13.5. The molecule has 0 bridgehead atoms. The number of hydrogen-bond donors (Lipinski definition) is 1. The van der Waals surface area contributed by atoms with Gasteiger partial charge in [0.15, 0.2) is 0 Å². The third-order valence-electron chi connectivity index (χ3n) is 2.15. The van der Waals surface area contributed by atoms with E-state index in [4.69, 9.17) is 11.6 Å². The number of halogens is 3. The lowest BCUT2D eigenvalue weighted by molar-refractivity contribution is -0.138. The van der Waals surface area contributed by atoms with Crippen LogP contribution in [0.1, 0.15) is 0 Å². The molecule has 0 aliphatic heterocycles. The molecular weight excluding hydrogens is 296 g/mol. The van der Waals surface area contributed by atoms with E-state index in [0.717, 1.165) is 26.4 Å². The lowest BCUT2D eigenvalue weighted by Gasteiger charge is -2.10. The molecule has 1 N–H and O–H groups in total. The van der Waals surface area contributed by atoms with Crippen molar-refractivity contribution in [2.24, 2.45) is 0 Å². The van der Waals surface area contributed by atoms with Crippen LogP contribution in [0.3, 0.4) is 0 Å². The average molecular weight is 306 g/mol. The van der Waals surface area contributed by atoms with Gasteiger partial charge in [-0.1, -0.05) is 11.6 Å². The SMILES string of the molecule is COC(=O)/C=C(/Nc1cc(Cl)c(F)cc1F)C(=O)OC. The summed E-state index contributed by atoms with van der Waals surface area (Å²) >= 11 is 5.51. The maximum absolute atomic E-state index is 13.5. The molecule has 0 aromatic heterocycles. The van der Waals surface area contributed by atoms with Crippen LogP contribution < -0.4 is 5.32 Å². The molecular formula is C12H10ClF2NO4. The van der Waals surface area contributed by atoms with Gasteiger partial charge in [0, 0.05) is 6.07 Å². The van der Waals surface area contributed by atoms with Gasteiger partial charge in [-0.15, -0.1) is 0 Å². The molecule has 1 rings (SSSR count). The lowest BCUT2D eigenvalue weighted by Crippen LogP contribution is -2.16. The van der Waals surface area contributed by atoms with Crippen molar-refractivity contribution in [2.75, 3.05) is 19.5 Å². The number of rotatable bonds is 4. The van der Waals surface area contributed by atoms with Crippen LogP contribution in [0.25, 0.3) is 0 Å². The molecule has 0 saturated carbocycles. The topological polar surface area (TPSA) is 64.6 Å². The molecule has 0 saturated heterocycles. The Morgan fingerprint density at radius 1 is 1.20 bits per heavy atom. The van der Waals surface area contributed by atoms with E-state index in [1.807, 2.05) is 0 Å². The Labute approximate surface area is 118 Å².